The molecule has 1 aliphatic rings. The molecule has 2 rings (SSSR count). The highest BCUT2D eigenvalue weighted by molar-refractivity contribution is 5.38. The molecule has 1 heterocycles. The molecular weight excluding hydrogens is 190 g/mol. The fraction of sp³-hybridized carbons (Fsp3) is 0.636. The highest BCUT2D eigenvalue weighted by Crippen LogP contribution is 2.23. The van der Waals surface area contributed by atoms with E-state index in [4.69, 9.17) is 10.5 Å². The Hall–Kier alpha value is -1.32. The summed E-state index contributed by atoms with van der Waals surface area (Å²) >= 11 is 0. The molecule has 82 valence electrons. The fourth-order valence-corrected chi connectivity index (χ4v) is 1.94. The number of hydrogen-bond acceptors (Lipinski definition) is 4. The molecule has 4 nitrogen and oxygen atoms in total. The van der Waals surface area contributed by atoms with E-state index in [9.17, 15) is 0 Å². The second-order valence-electron chi connectivity index (χ2n) is 3.98. The van der Waals surface area contributed by atoms with Crippen molar-refractivity contribution in [3.63, 3.8) is 0 Å². The largest absolute Gasteiger partial charge is 0.472 e. The summed E-state index contributed by atoms with van der Waals surface area (Å²) in [5.41, 5.74) is 5.68. The molecule has 0 bridgehead atoms. The molecule has 2 N–H and O–H groups in total. The molecule has 0 atom stereocenters. The second-order valence-corrected chi connectivity index (χ2v) is 3.98. The van der Waals surface area contributed by atoms with Crippen LogP contribution in [0.3, 0.4) is 0 Å². The van der Waals surface area contributed by atoms with E-state index in [-0.39, 0.29) is 6.10 Å². The number of nitrogen functional groups attached to an aromatic ring is 1. The van der Waals surface area contributed by atoms with Crippen LogP contribution in [0.5, 0.6) is 5.88 Å². The van der Waals surface area contributed by atoms with Crippen molar-refractivity contribution in [2.24, 2.45) is 0 Å². The lowest BCUT2D eigenvalue weighted by Crippen LogP contribution is -2.17. The van der Waals surface area contributed by atoms with E-state index in [0.29, 0.717) is 11.7 Å². The lowest BCUT2D eigenvalue weighted by atomic mass is 10.1. The Labute approximate surface area is 89.9 Å². The minimum atomic E-state index is 0.270. The first kappa shape index (κ1) is 10.2. The van der Waals surface area contributed by atoms with E-state index in [1.54, 1.807) is 12.4 Å². The quantitative estimate of drug-likeness (QED) is 0.755. The number of nitrogens with two attached hydrogens (primary N) is 1. The highest BCUT2D eigenvalue weighted by Gasteiger charge is 2.15. The summed E-state index contributed by atoms with van der Waals surface area (Å²) in [6.45, 7) is 0. The van der Waals surface area contributed by atoms with E-state index in [1.165, 1.54) is 25.7 Å². The van der Waals surface area contributed by atoms with Gasteiger partial charge in [-0.15, -0.1) is 0 Å². The van der Waals surface area contributed by atoms with Gasteiger partial charge in [0.25, 0.3) is 5.88 Å². The summed E-state index contributed by atoms with van der Waals surface area (Å²) in [5, 5.41) is 0. The average molecular weight is 207 g/mol. The van der Waals surface area contributed by atoms with Gasteiger partial charge in [0.15, 0.2) is 5.82 Å². The molecule has 1 saturated carbocycles. The first-order valence-corrected chi connectivity index (χ1v) is 5.59. The number of rotatable bonds is 2. The van der Waals surface area contributed by atoms with E-state index in [1.807, 2.05) is 0 Å². The molecule has 1 aromatic rings. The number of aromatic nitrogens is 2. The molecule has 0 saturated heterocycles. The third kappa shape index (κ3) is 2.81. The molecule has 0 radical (unpaired) electrons. The zero-order valence-electron chi connectivity index (χ0n) is 8.85. The topological polar surface area (TPSA) is 61.0 Å². The fourth-order valence-electron chi connectivity index (χ4n) is 1.94. The minimum Gasteiger partial charge on any atom is -0.472 e. The highest BCUT2D eigenvalue weighted by atomic mass is 16.5. The molecule has 15 heavy (non-hydrogen) atoms. The van der Waals surface area contributed by atoms with Crippen molar-refractivity contribution < 1.29 is 4.74 Å². The standard InChI is InChI=1S/C11H17N3O/c12-10-11(14-8-7-13-10)15-9-5-3-1-2-4-6-9/h7-9H,1-6H2,(H2,12,13). The molecule has 0 spiro atoms. The van der Waals surface area contributed by atoms with Crippen LogP contribution in [0.2, 0.25) is 0 Å². The van der Waals surface area contributed by atoms with Crippen molar-refractivity contribution in [2.75, 3.05) is 5.73 Å². The Balaban J connectivity index is 1.98. The van der Waals surface area contributed by atoms with Crippen LogP contribution < -0.4 is 10.5 Å². The van der Waals surface area contributed by atoms with Gasteiger partial charge in [0.05, 0.1) is 0 Å². The van der Waals surface area contributed by atoms with Crippen LogP contribution in [-0.2, 0) is 0 Å². The van der Waals surface area contributed by atoms with Crippen LogP contribution in [0.4, 0.5) is 5.82 Å². The minimum absolute atomic E-state index is 0.270. The van der Waals surface area contributed by atoms with Gasteiger partial charge in [0.1, 0.15) is 6.10 Å². The van der Waals surface area contributed by atoms with Gasteiger partial charge in [-0.25, -0.2) is 9.97 Å². The van der Waals surface area contributed by atoms with Gasteiger partial charge in [-0.2, -0.15) is 0 Å². The van der Waals surface area contributed by atoms with Gasteiger partial charge in [-0.1, -0.05) is 12.8 Å². The van der Waals surface area contributed by atoms with Crippen LogP contribution in [0, 0.1) is 0 Å². The van der Waals surface area contributed by atoms with Gasteiger partial charge in [-0.05, 0) is 25.7 Å². The maximum Gasteiger partial charge on any atom is 0.257 e. The predicted molar refractivity (Wildman–Crippen MR) is 58.6 cm³/mol. The lowest BCUT2D eigenvalue weighted by molar-refractivity contribution is 0.177. The maximum atomic E-state index is 5.77. The van der Waals surface area contributed by atoms with Crippen molar-refractivity contribution >= 4 is 5.82 Å². The van der Waals surface area contributed by atoms with Gasteiger partial charge in [-0.3, -0.25) is 0 Å². The molecule has 4 heteroatoms. The third-order valence-electron chi connectivity index (χ3n) is 2.77. The molecular formula is C11H17N3O. The summed E-state index contributed by atoms with van der Waals surface area (Å²) in [6, 6.07) is 0. The first-order chi connectivity index (χ1) is 7.36. The summed E-state index contributed by atoms with van der Waals surface area (Å²) in [5.74, 6) is 0.881. The van der Waals surface area contributed by atoms with Crippen LogP contribution in [0.1, 0.15) is 38.5 Å². The van der Waals surface area contributed by atoms with Crippen molar-refractivity contribution in [3.8, 4) is 5.88 Å². The monoisotopic (exact) mass is 207 g/mol. The number of anilines is 1. The molecule has 1 aromatic heterocycles. The first-order valence-electron chi connectivity index (χ1n) is 5.59. The van der Waals surface area contributed by atoms with E-state index in [2.05, 4.69) is 9.97 Å². The maximum absolute atomic E-state index is 5.77. The van der Waals surface area contributed by atoms with E-state index in [0.717, 1.165) is 12.8 Å². The Morgan fingerprint density at radius 1 is 1.07 bits per heavy atom. The SMILES string of the molecule is Nc1nccnc1OC1CCCCCC1. The van der Waals surface area contributed by atoms with Crippen molar-refractivity contribution in [1.82, 2.24) is 9.97 Å². The van der Waals surface area contributed by atoms with Crippen molar-refractivity contribution in [1.29, 1.82) is 0 Å². The Morgan fingerprint density at radius 3 is 2.40 bits per heavy atom. The van der Waals surface area contributed by atoms with E-state index >= 15 is 0 Å². The third-order valence-corrected chi connectivity index (χ3v) is 2.77. The second kappa shape index (κ2) is 4.96. The molecule has 0 amide bonds. The van der Waals surface area contributed by atoms with Crippen molar-refractivity contribution in [2.45, 2.75) is 44.6 Å². The van der Waals surface area contributed by atoms with E-state index < -0.39 is 0 Å². The molecule has 0 unspecified atom stereocenters. The molecule has 0 aliphatic heterocycles. The number of nitrogens with zero attached hydrogens (tertiary/aromatic N) is 2. The van der Waals surface area contributed by atoms with Crippen LogP contribution in [-0.4, -0.2) is 16.1 Å². The van der Waals surface area contributed by atoms with Crippen molar-refractivity contribution in [3.05, 3.63) is 12.4 Å². The summed E-state index contributed by atoms with van der Waals surface area (Å²) in [7, 11) is 0. The summed E-state index contributed by atoms with van der Waals surface area (Å²) < 4.78 is 5.77. The molecule has 1 fully saturated rings. The Kier molecular flexibility index (Phi) is 3.37. The lowest BCUT2D eigenvalue weighted by Gasteiger charge is -2.16. The molecule has 1 aliphatic carbocycles. The van der Waals surface area contributed by atoms with Crippen LogP contribution in [0.25, 0.3) is 0 Å². The average Bonchev–Trinajstić information content (AvgIpc) is 2.50. The van der Waals surface area contributed by atoms with Gasteiger partial charge in [0.2, 0.25) is 0 Å². The zero-order valence-corrected chi connectivity index (χ0v) is 8.85. The molecule has 0 aromatic carbocycles. The van der Waals surface area contributed by atoms with Gasteiger partial charge in [0, 0.05) is 12.4 Å². The predicted octanol–water partition coefficient (Wildman–Crippen LogP) is 2.16. The Bertz CT molecular complexity index is 308. The van der Waals surface area contributed by atoms with Gasteiger partial charge < -0.3 is 10.5 Å². The van der Waals surface area contributed by atoms with Crippen LogP contribution >= 0.6 is 0 Å². The normalized spacial score (nSPS) is 18.4. The van der Waals surface area contributed by atoms with Gasteiger partial charge >= 0.3 is 0 Å². The van der Waals surface area contributed by atoms with Crippen LogP contribution in [0.15, 0.2) is 12.4 Å². The zero-order chi connectivity index (χ0) is 10.5. The number of hydrogen-bond donors (Lipinski definition) is 1. The summed E-state index contributed by atoms with van der Waals surface area (Å²) in [6.07, 6.45) is 10.8. The smallest absolute Gasteiger partial charge is 0.257 e. The summed E-state index contributed by atoms with van der Waals surface area (Å²) in [4.78, 5) is 8.05. The Morgan fingerprint density at radius 2 is 1.73 bits per heavy atom. The number of ether oxygens (including phenoxy) is 1.